The molecule has 5 rings (SSSR count). The summed E-state index contributed by atoms with van der Waals surface area (Å²) in [6.45, 7) is 8.97. The maximum absolute atomic E-state index is 13.5. The van der Waals surface area contributed by atoms with E-state index in [-0.39, 0.29) is 5.82 Å². The first-order chi connectivity index (χ1) is 14.7. The van der Waals surface area contributed by atoms with Gasteiger partial charge in [-0.05, 0) is 78.7 Å². The predicted molar refractivity (Wildman–Crippen MR) is 124 cm³/mol. The van der Waals surface area contributed by atoms with E-state index in [1.54, 1.807) is 12.1 Å². The lowest BCUT2D eigenvalue weighted by Crippen LogP contribution is -2.35. The Labute approximate surface area is 188 Å². The topological polar surface area (TPSA) is 26.0 Å². The van der Waals surface area contributed by atoms with Gasteiger partial charge in [0.1, 0.15) is 5.82 Å². The second kappa shape index (κ2) is 7.38. The molecule has 1 aliphatic heterocycles. The van der Waals surface area contributed by atoms with Gasteiger partial charge in [0.25, 0.3) is 0 Å². The summed E-state index contributed by atoms with van der Waals surface area (Å²) >= 11 is 5.91. The highest BCUT2D eigenvalue weighted by Gasteiger charge is 2.49. The molecule has 0 amide bonds. The third-order valence-electron chi connectivity index (χ3n) is 6.79. The van der Waals surface area contributed by atoms with E-state index in [9.17, 15) is 4.39 Å². The second-order valence-electron chi connectivity index (χ2n) is 10.4. The molecule has 31 heavy (non-hydrogen) atoms. The first-order valence-electron chi connectivity index (χ1n) is 11.0. The Balaban J connectivity index is 1.55. The van der Waals surface area contributed by atoms with Gasteiger partial charge in [-0.25, -0.2) is 9.07 Å². The number of hydrogen-bond donors (Lipinski definition) is 0. The number of rotatable bonds is 4. The number of likely N-dealkylation sites (tertiary alicyclic amines) is 1. The molecule has 1 saturated heterocycles. The van der Waals surface area contributed by atoms with Crippen LogP contribution >= 0.6 is 12.2 Å². The van der Waals surface area contributed by atoms with Gasteiger partial charge in [-0.2, -0.15) is 0 Å². The molecule has 0 radical (unpaired) electrons. The molecule has 1 aromatic heterocycles. The fourth-order valence-electron chi connectivity index (χ4n) is 6.01. The molecule has 0 spiro atoms. The third kappa shape index (κ3) is 3.87. The molecule has 2 bridgehead atoms. The first kappa shape index (κ1) is 20.6. The highest BCUT2D eigenvalue weighted by molar-refractivity contribution is 7.71. The predicted octanol–water partition coefficient (Wildman–Crippen LogP) is 6.07. The minimum absolute atomic E-state index is 0.256. The van der Waals surface area contributed by atoms with Crippen molar-refractivity contribution in [2.75, 3.05) is 6.54 Å². The number of nitrogens with zero attached hydrogens (tertiary/aromatic N) is 4. The Bertz CT molecular complexity index is 1150. The van der Waals surface area contributed by atoms with Crippen molar-refractivity contribution in [3.05, 3.63) is 65.2 Å². The fraction of sp³-hybridized carbons (Fsp3) is 0.440. The van der Waals surface area contributed by atoms with Crippen LogP contribution in [-0.2, 0) is 6.67 Å². The van der Waals surface area contributed by atoms with Crippen LogP contribution in [0.5, 0.6) is 0 Å². The van der Waals surface area contributed by atoms with Crippen molar-refractivity contribution in [2.24, 2.45) is 10.8 Å². The summed E-state index contributed by atoms with van der Waals surface area (Å²) in [4.78, 5) is 2.56. The highest BCUT2D eigenvalue weighted by atomic mass is 32.1. The molecular weight excluding hydrogens is 407 g/mol. The van der Waals surface area contributed by atoms with Crippen LogP contribution in [0.2, 0.25) is 0 Å². The molecule has 2 heterocycles. The average molecular weight is 437 g/mol. The number of aromatic nitrogens is 3. The molecule has 2 atom stereocenters. The standard InChI is InChI=1S/C25H29FN4S/c1-24(2)13-21-14-25(3,15-24)16-28(21)17-29-23(31)30(20-7-5-4-6-8-20)22(27-29)18-9-11-19(26)12-10-18/h4-12,21H,13-17H2,1-3H3. The smallest absolute Gasteiger partial charge is 0.204 e. The molecule has 162 valence electrons. The van der Waals surface area contributed by atoms with Crippen LogP contribution < -0.4 is 0 Å². The lowest BCUT2D eigenvalue weighted by atomic mass is 9.65. The number of hydrogen-bond acceptors (Lipinski definition) is 3. The van der Waals surface area contributed by atoms with Gasteiger partial charge in [0.2, 0.25) is 4.77 Å². The van der Waals surface area contributed by atoms with Crippen LogP contribution in [0.25, 0.3) is 17.1 Å². The zero-order valence-electron chi connectivity index (χ0n) is 18.4. The molecule has 2 unspecified atom stereocenters. The van der Waals surface area contributed by atoms with Gasteiger partial charge in [-0.1, -0.05) is 39.0 Å². The van der Waals surface area contributed by atoms with Crippen molar-refractivity contribution in [1.29, 1.82) is 0 Å². The zero-order valence-corrected chi connectivity index (χ0v) is 19.2. The molecule has 3 aromatic rings. The largest absolute Gasteiger partial charge is 0.281 e. The van der Waals surface area contributed by atoms with Gasteiger partial charge in [-0.15, -0.1) is 5.10 Å². The minimum atomic E-state index is -0.256. The molecule has 2 aromatic carbocycles. The molecule has 1 saturated carbocycles. The van der Waals surface area contributed by atoms with E-state index in [1.807, 2.05) is 39.6 Å². The summed E-state index contributed by atoms with van der Waals surface area (Å²) in [7, 11) is 0. The minimum Gasteiger partial charge on any atom is -0.281 e. The molecular formula is C25H29FN4S. The Morgan fingerprint density at radius 2 is 1.74 bits per heavy atom. The SMILES string of the molecule is CC1(C)CC2CC(C)(CN2Cn2nc(-c3ccc(F)cc3)n(-c3ccccc3)c2=S)C1. The number of fused-ring (bicyclic) bond motifs is 2. The van der Waals surface area contributed by atoms with Gasteiger partial charge >= 0.3 is 0 Å². The van der Waals surface area contributed by atoms with Crippen LogP contribution in [0.1, 0.15) is 40.0 Å². The molecule has 2 aliphatic rings. The second-order valence-corrected chi connectivity index (χ2v) is 10.8. The Kier molecular flexibility index (Phi) is 4.90. The number of halogens is 1. The van der Waals surface area contributed by atoms with Gasteiger partial charge in [0.15, 0.2) is 5.82 Å². The van der Waals surface area contributed by atoms with Crippen molar-refractivity contribution in [3.8, 4) is 17.1 Å². The van der Waals surface area contributed by atoms with Crippen molar-refractivity contribution in [1.82, 2.24) is 19.2 Å². The quantitative estimate of drug-likeness (QED) is 0.465. The van der Waals surface area contributed by atoms with Crippen LogP contribution in [0.15, 0.2) is 54.6 Å². The number of para-hydroxylation sites is 1. The summed E-state index contributed by atoms with van der Waals surface area (Å²) in [6, 6.07) is 17.1. The average Bonchev–Trinajstić information content (AvgIpc) is 3.15. The van der Waals surface area contributed by atoms with Crippen molar-refractivity contribution in [2.45, 2.75) is 52.7 Å². The summed E-state index contributed by atoms with van der Waals surface area (Å²) in [5, 5.41) is 4.93. The van der Waals surface area contributed by atoms with Crippen molar-refractivity contribution < 1.29 is 4.39 Å². The fourth-order valence-corrected chi connectivity index (χ4v) is 6.30. The third-order valence-corrected chi connectivity index (χ3v) is 7.19. The van der Waals surface area contributed by atoms with Crippen molar-refractivity contribution >= 4 is 12.2 Å². The lowest BCUT2D eigenvalue weighted by molar-refractivity contribution is 0.119. The van der Waals surface area contributed by atoms with Crippen molar-refractivity contribution in [3.63, 3.8) is 0 Å². The van der Waals surface area contributed by atoms with E-state index in [0.29, 0.717) is 28.3 Å². The van der Waals surface area contributed by atoms with E-state index >= 15 is 0 Å². The van der Waals surface area contributed by atoms with Crippen LogP contribution in [-0.4, -0.2) is 31.8 Å². The molecule has 2 fully saturated rings. The summed E-state index contributed by atoms with van der Waals surface area (Å²) in [6.07, 6.45) is 3.71. The maximum Gasteiger partial charge on any atom is 0.204 e. The van der Waals surface area contributed by atoms with Gasteiger partial charge in [0.05, 0.1) is 6.67 Å². The van der Waals surface area contributed by atoms with E-state index in [4.69, 9.17) is 17.3 Å². The van der Waals surface area contributed by atoms with E-state index in [0.717, 1.165) is 23.6 Å². The highest BCUT2D eigenvalue weighted by Crippen LogP contribution is 2.52. The van der Waals surface area contributed by atoms with E-state index in [1.165, 1.54) is 31.4 Å². The Morgan fingerprint density at radius 3 is 2.45 bits per heavy atom. The van der Waals surface area contributed by atoms with E-state index < -0.39 is 0 Å². The Morgan fingerprint density at radius 1 is 1.03 bits per heavy atom. The molecule has 6 heteroatoms. The first-order valence-corrected chi connectivity index (χ1v) is 11.4. The summed E-state index contributed by atoms with van der Waals surface area (Å²) in [5.74, 6) is 0.484. The van der Waals surface area contributed by atoms with E-state index in [2.05, 4.69) is 25.7 Å². The Hall–Kier alpha value is -2.31. The maximum atomic E-state index is 13.5. The normalized spacial score (nSPS) is 25.1. The van der Waals surface area contributed by atoms with Crippen LogP contribution in [0.4, 0.5) is 4.39 Å². The molecule has 0 N–H and O–H groups in total. The lowest BCUT2D eigenvalue weighted by Gasteiger charge is -2.39. The van der Waals surface area contributed by atoms with Crippen LogP contribution in [0, 0.1) is 21.4 Å². The van der Waals surface area contributed by atoms with Crippen LogP contribution in [0.3, 0.4) is 0 Å². The number of benzene rings is 2. The van der Waals surface area contributed by atoms with Gasteiger partial charge in [0, 0.05) is 23.8 Å². The molecule has 4 nitrogen and oxygen atoms in total. The van der Waals surface area contributed by atoms with Gasteiger partial charge in [-0.3, -0.25) is 9.47 Å². The summed E-state index contributed by atoms with van der Waals surface area (Å²) in [5.41, 5.74) is 2.54. The van der Waals surface area contributed by atoms with Gasteiger partial charge < -0.3 is 0 Å². The summed E-state index contributed by atoms with van der Waals surface area (Å²) < 4.78 is 18.1. The molecule has 1 aliphatic carbocycles. The zero-order chi connectivity index (χ0) is 21.8. The monoisotopic (exact) mass is 436 g/mol.